The fourth-order valence-corrected chi connectivity index (χ4v) is 8.10. The predicted molar refractivity (Wildman–Crippen MR) is 155 cm³/mol. The Morgan fingerprint density at radius 3 is 2.29 bits per heavy atom. The van der Waals surface area contributed by atoms with Crippen LogP contribution in [0, 0.1) is 23.1 Å². The van der Waals surface area contributed by atoms with E-state index in [1.165, 1.54) is 23.5 Å². The van der Waals surface area contributed by atoms with E-state index < -0.39 is 57.7 Å². The van der Waals surface area contributed by atoms with Crippen LogP contribution in [0.2, 0.25) is 0 Å². The van der Waals surface area contributed by atoms with E-state index in [-0.39, 0.29) is 17.9 Å². The molecular formula is C30H29F3N4O3S2. The van der Waals surface area contributed by atoms with Crippen molar-refractivity contribution < 1.29 is 26.4 Å². The third kappa shape index (κ3) is 5.90. The minimum absolute atomic E-state index is 0.0370. The van der Waals surface area contributed by atoms with Gasteiger partial charge >= 0.3 is 0 Å². The zero-order valence-electron chi connectivity index (χ0n) is 22.7. The van der Waals surface area contributed by atoms with Crippen molar-refractivity contribution >= 4 is 32.8 Å². The Balaban J connectivity index is 1.38. The zero-order valence-corrected chi connectivity index (χ0v) is 24.3. The Morgan fingerprint density at radius 1 is 1.02 bits per heavy atom. The lowest BCUT2D eigenvalue weighted by molar-refractivity contribution is -0.131. The molecule has 2 aliphatic carbocycles. The molecule has 2 saturated carbocycles. The van der Waals surface area contributed by atoms with Crippen LogP contribution in [-0.2, 0) is 14.6 Å². The quantitative estimate of drug-likeness (QED) is 0.391. The third-order valence-electron chi connectivity index (χ3n) is 8.42. The maximum absolute atomic E-state index is 14.9. The molecule has 1 saturated heterocycles. The number of anilines is 1. The number of nitrogens with zero attached hydrogens (tertiary/aromatic N) is 3. The Kier molecular flexibility index (Phi) is 7.30. The molecule has 0 bridgehead atoms. The van der Waals surface area contributed by atoms with Gasteiger partial charge in [0.2, 0.25) is 11.8 Å². The molecule has 2 atom stereocenters. The van der Waals surface area contributed by atoms with Crippen LogP contribution in [0.15, 0.2) is 48.5 Å². The molecule has 2 aromatic carbocycles. The summed E-state index contributed by atoms with van der Waals surface area (Å²) in [5.41, 5.74) is 1.68. The number of thiazole rings is 1. The van der Waals surface area contributed by atoms with Crippen molar-refractivity contribution in [3.05, 3.63) is 60.0 Å². The summed E-state index contributed by atoms with van der Waals surface area (Å²) in [4.78, 5) is 20.9. The second-order valence-corrected chi connectivity index (χ2v) is 14.7. The van der Waals surface area contributed by atoms with Gasteiger partial charge in [-0.15, -0.1) is 11.3 Å². The molecule has 3 aliphatic rings. The third-order valence-corrected chi connectivity index (χ3v) is 11.2. The zero-order chi connectivity index (χ0) is 29.7. The smallest absolute Gasteiger partial charge is 0.248 e. The van der Waals surface area contributed by atoms with Gasteiger partial charge in [-0.2, -0.15) is 5.26 Å². The highest BCUT2D eigenvalue weighted by Gasteiger charge is 2.50. The highest BCUT2D eigenvalue weighted by Crippen LogP contribution is 2.50. The molecule has 7 nitrogen and oxygen atoms in total. The summed E-state index contributed by atoms with van der Waals surface area (Å²) < 4.78 is 67.2. The van der Waals surface area contributed by atoms with Crippen LogP contribution in [0.4, 0.5) is 18.9 Å². The Morgan fingerprint density at radius 2 is 1.67 bits per heavy atom. The van der Waals surface area contributed by atoms with Gasteiger partial charge in [-0.25, -0.2) is 26.6 Å². The van der Waals surface area contributed by atoms with Crippen LogP contribution in [0.5, 0.6) is 0 Å². The molecule has 1 amide bonds. The number of hydrogen-bond acceptors (Lipinski definition) is 7. The summed E-state index contributed by atoms with van der Waals surface area (Å²) in [6.07, 6.45) is 0.0599. The van der Waals surface area contributed by atoms with Crippen LogP contribution in [0.3, 0.4) is 0 Å². The van der Waals surface area contributed by atoms with E-state index in [4.69, 9.17) is 4.98 Å². The van der Waals surface area contributed by atoms with Gasteiger partial charge < -0.3 is 10.2 Å². The normalized spacial score (nSPS) is 24.0. The van der Waals surface area contributed by atoms with E-state index >= 15 is 0 Å². The van der Waals surface area contributed by atoms with Crippen molar-refractivity contribution in [3.8, 4) is 27.1 Å². The van der Waals surface area contributed by atoms with Gasteiger partial charge in [-0.1, -0.05) is 12.1 Å². The summed E-state index contributed by atoms with van der Waals surface area (Å²) in [5, 5.41) is 12.8. The van der Waals surface area contributed by atoms with Gasteiger partial charge in [-0.05, 0) is 61.2 Å². The lowest BCUT2D eigenvalue weighted by atomic mass is 9.74. The largest absolute Gasteiger partial charge is 0.369 e. The van der Waals surface area contributed by atoms with Crippen molar-refractivity contribution in [3.63, 3.8) is 0 Å². The number of nitrogens with one attached hydrogen (secondary N) is 1. The number of aromatic nitrogens is 1. The first-order chi connectivity index (χ1) is 20.0. The molecule has 6 rings (SSSR count). The summed E-state index contributed by atoms with van der Waals surface area (Å²) in [6, 6.07) is 15.4. The molecule has 1 N–H and O–H groups in total. The van der Waals surface area contributed by atoms with E-state index in [0.717, 1.165) is 11.3 Å². The van der Waals surface area contributed by atoms with Gasteiger partial charge in [0.15, 0.2) is 9.84 Å². The van der Waals surface area contributed by atoms with E-state index in [0.29, 0.717) is 47.1 Å². The van der Waals surface area contributed by atoms with E-state index in [1.54, 1.807) is 12.1 Å². The van der Waals surface area contributed by atoms with Gasteiger partial charge in [-0.3, -0.25) is 4.79 Å². The first-order valence-electron chi connectivity index (χ1n) is 13.9. The van der Waals surface area contributed by atoms with Gasteiger partial charge in [0.25, 0.3) is 0 Å². The number of halogens is 3. The lowest BCUT2D eigenvalue weighted by Gasteiger charge is -2.35. The molecule has 12 heteroatoms. The van der Waals surface area contributed by atoms with Gasteiger partial charge in [0, 0.05) is 49.0 Å². The number of benzene rings is 2. The average molecular weight is 615 g/mol. The molecule has 220 valence electrons. The maximum Gasteiger partial charge on any atom is 0.248 e. The van der Waals surface area contributed by atoms with Crippen molar-refractivity contribution in [2.45, 2.75) is 49.5 Å². The predicted octanol–water partition coefficient (Wildman–Crippen LogP) is 5.54. The van der Waals surface area contributed by atoms with E-state index in [2.05, 4.69) is 11.4 Å². The minimum atomic E-state index is -3.03. The summed E-state index contributed by atoms with van der Waals surface area (Å²) in [7, 11) is -3.03. The van der Waals surface area contributed by atoms with E-state index in [1.807, 2.05) is 29.2 Å². The molecule has 3 fully saturated rings. The van der Waals surface area contributed by atoms with Crippen LogP contribution in [0.25, 0.3) is 21.0 Å². The minimum Gasteiger partial charge on any atom is -0.369 e. The van der Waals surface area contributed by atoms with Gasteiger partial charge in [0.1, 0.15) is 16.4 Å². The average Bonchev–Trinajstić information content (AvgIpc) is 3.59. The Bertz CT molecular complexity index is 1630. The van der Waals surface area contributed by atoms with Crippen molar-refractivity contribution in [2.24, 2.45) is 5.92 Å². The molecule has 3 aromatic rings. The Hall–Kier alpha value is -3.43. The first-order valence-corrected chi connectivity index (χ1v) is 16.5. The summed E-state index contributed by atoms with van der Waals surface area (Å²) in [5.74, 6) is -5.31. The van der Waals surface area contributed by atoms with Crippen molar-refractivity contribution in [2.75, 3.05) is 29.5 Å². The highest BCUT2D eigenvalue weighted by atomic mass is 32.2. The highest BCUT2D eigenvalue weighted by molar-refractivity contribution is 7.91. The van der Waals surface area contributed by atoms with E-state index in [9.17, 15) is 31.6 Å². The monoisotopic (exact) mass is 614 g/mol. The number of alkyl halides is 2. The Labute approximate surface area is 246 Å². The molecule has 1 aromatic heterocycles. The van der Waals surface area contributed by atoms with Crippen LogP contribution < -0.4 is 10.2 Å². The second kappa shape index (κ2) is 10.7. The number of sulfone groups is 1. The fraction of sp³-hybridized carbons (Fsp3) is 0.433. The van der Waals surface area contributed by atoms with Crippen LogP contribution in [-0.4, -0.2) is 55.4 Å². The number of carbonyl (C=O) groups is 1. The standard InChI is InChI=1S/C30H29F3N4O3S2/c31-21-5-1-20(2-6-21)28-35-25(24-17-30(32,33)10-9-23(24)27(38)36-29(18-34)11-12-29)26(41-28)19-3-7-22(8-4-19)37-13-15-42(39,40)16-14-37/h1-8,23-24H,9-17H2,(H,36,38)/t23-,24-/m1/s1. The number of amides is 1. The van der Waals surface area contributed by atoms with Crippen molar-refractivity contribution in [1.29, 1.82) is 5.26 Å². The molecule has 2 heterocycles. The first kappa shape index (κ1) is 28.7. The number of rotatable bonds is 6. The van der Waals surface area contributed by atoms with Crippen molar-refractivity contribution in [1.82, 2.24) is 10.3 Å². The van der Waals surface area contributed by atoms with Crippen LogP contribution >= 0.6 is 11.3 Å². The molecule has 0 spiro atoms. The van der Waals surface area contributed by atoms with Gasteiger partial charge in [0.05, 0.1) is 28.1 Å². The SMILES string of the molecule is N#CC1(NC(=O)[C@@H]2CCC(F)(F)C[C@H]2c2nc(-c3ccc(F)cc3)sc2-c2ccc(N3CCS(=O)(=O)CC3)cc2)CC1. The fourth-order valence-electron chi connectivity index (χ4n) is 5.75. The van der Waals surface area contributed by atoms with Crippen LogP contribution in [0.1, 0.15) is 43.7 Å². The summed E-state index contributed by atoms with van der Waals surface area (Å²) in [6.45, 7) is 0.778. The number of nitriles is 1. The number of carbonyl (C=O) groups excluding carboxylic acids is 1. The maximum atomic E-state index is 14.9. The summed E-state index contributed by atoms with van der Waals surface area (Å²) >= 11 is 1.29. The molecule has 0 unspecified atom stereocenters. The number of hydrogen-bond donors (Lipinski definition) is 1. The molecule has 0 radical (unpaired) electrons. The second-order valence-electron chi connectivity index (χ2n) is 11.4. The molecular weight excluding hydrogens is 585 g/mol. The lowest BCUT2D eigenvalue weighted by Crippen LogP contribution is -2.45. The molecule has 42 heavy (non-hydrogen) atoms. The topological polar surface area (TPSA) is 103 Å². The molecule has 1 aliphatic heterocycles.